The molecule has 0 heterocycles. The molecule has 0 spiro atoms. The molecule has 2 N–H and O–H groups in total. The number of amides is 1. The summed E-state index contributed by atoms with van der Waals surface area (Å²) in [7, 11) is 2.88. The lowest BCUT2D eigenvalue weighted by atomic mass is 10.3. The Labute approximate surface area is 127 Å². The van der Waals surface area contributed by atoms with E-state index in [-0.39, 0.29) is 17.7 Å². The van der Waals surface area contributed by atoms with E-state index in [1.54, 1.807) is 14.0 Å². The van der Waals surface area contributed by atoms with Gasteiger partial charge in [0.15, 0.2) is 6.10 Å². The second kappa shape index (κ2) is 8.53. The van der Waals surface area contributed by atoms with Crippen molar-refractivity contribution in [3.63, 3.8) is 0 Å². The van der Waals surface area contributed by atoms with E-state index >= 15 is 0 Å². The minimum Gasteiger partial charge on any atom is -0.497 e. The van der Waals surface area contributed by atoms with Crippen LogP contribution in [0.4, 0.5) is 0 Å². The van der Waals surface area contributed by atoms with Gasteiger partial charge >= 0.3 is 5.97 Å². The van der Waals surface area contributed by atoms with Crippen molar-refractivity contribution >= 4 is 23.6 Å². The maximum Gasteiger partial charge on any atom is 0.334 e. The molecule has 116 valence electrons. The molecule has 0 radical (unpaired) electrons. The summed E-state index contributed by atoms with van der Waals surface area (Å²) in [4.78, 5) is 23.6. The van der Waals surface area contributed by atoms with Crippen molar-refractivity contribution in [1.29, 1.82) is 0 Å². The maximum absolute atomic E-state index is 11.9. The van der Waals surface area contributed by atoms with Crippen LogP contribution < -0.4 is 10.1 Å². The van der Waals surface area contributed by atoms with Crippen molar-refractivity contribution in [2.24, 2.45) is 0 Å². The SMILES string of the molecule is COc1ccc(SC(C)C(=O)NCC(OC)C(=O)O)cc1. The zero-order valence-corrected chi connectivity index (χ0v) is 13.0. The van der Waals surface area contributed by atoms with E-state index in [0.717, 1.165) is 10.6 Å². The third-order valence-corrected chi connectivity index (χ3v) is 3.88. The maximum atomic E-state index is 11.9. The van der Waals surface area contributed by atoms with Crippen LogP contribution in [-0.2, 0) is 14.3 Å². The number of ether oxygens (including phenoxy) is 2. The zero-order chi connectivity index (χ0) is 15.8. The van der Waals surface area contributed by atoms with Gasteiger partial charge in [0, 0.05) is 12.0 Å². The molecule has 1 aromatic carbocycles. The first kappa shape index (κ1) is 17.3. The molecule has 0 aliphatic rings. The predicted octanol–water partition coefficient (Wildman–Crippen LogP) is 1.39. The molecule has 0 saturated heterocycles. The molecule has 0 aromatic heterocycles. The molecule has 1 amide bonds. The number of aliphatic carboxylic acids is 1. The van der Waals surface area contributed by atoms with Crippen molar-refractivity contribution < 1.29 is 24.2 Å². The Balaban J connectivity index is 2.48. The Bertz CT molecular complexity index is 477. The first-order valence-electron chi connectivity index (χ1n) is 6.32. The fourth-order valence-corrected chi connectivity index (χ4v) is 2.41. The number of methoxy groups -OCH3 is 2. The quantitative estimate of drug-likeness (QED) is 0.706. The lowest BCUT2D eigenvalue weighted by Gasteiger charge is -2.15. The van der Waals surface area contributed by atoms with Crippen LogP contribution in [0.3, 0.4) is 0 Å². The molecule has 2 atom stereocenters. The van der Waals surface area contributed by atoms with Crippen LogP contribution in [0.5, 0.6) is 5.75 Å². The highest BCUT2D eigenvalue weighted by molar-refractivity contribution is 8.00. The first-order chi connectivity index (χ1) is 9.97. The number of carboxylic acids is 1. The van der Waals surface area contributed by atoms with Crippen LogP contribution in [0.2, 0.25) is 0 Å². The number of benzene rings is 1. The van der Waals surface area contributed by atoms with Crippen LogP contribution >= 0.6 is 11.8 Å². The van der Waals surface area contributed by atoms with Gasteiger partial charge in [-0.2, -0.15) is 0 Å². The van der Waals surface area contributed by atoms with Gasteiger partial charge in [-0.05, 0) is 31.2 Å². The second-order valence-electron chi connectivity index (χ2n) is 4.24. The molecule has 7 heteroatoms. The summed E-state index contributed by atoms with van der Waals surface area (Å²) in [6.45, 7) is 1.70. The molecule has 1 rings (SSSR count). The molecule has 1 aromatic rings. The summed E-state index contributed by atoms with van der Waals surface area (Å²) in [5, 5.41) is 11.0. The summed E-state index contributed by atoms with van der Waals surface area (Å²) in [5.74, 6) is -0.590. The molecular weight excluding hydrogens is 294 g/mol. The van der Waals surface area contributed by atoms with Crippen molar-refractivity contribution in [2.45, 2.75) is 23.2 Å². The van der Waals surface area contributed by atoms with E-state index in [1.807, 2.05) is 24.3 Å². The third kappa shape index (κ3) is 5.65. The van der Waals surface area contributed by atoms with E-state index < -0.39 is 12.1 Å². The first-order valence-corrected chi connectivity index (χ1v) is 7.20. The Morgan fingerprint density at radius 3 is 2.38 bits per heavy atom. The molecule has 21 heavy (non-hydrogen) atoms. The molecule has 6 nitrogen and oxygen atoms in total. The number of hydrogen-bond donors (Lipinski definition) is 2. The highest BCUT2D eigenvalue weighted by Crippen LogP contribution is 2.25. The van der Waals surface area contributed by atoms with Gasteiger partial charge in [-0.3, -0.25) is 4.79 Å². The average Bonchev–Trinajstić information content (AvgIpc) is 2.48. The lowest BCUT2D eigenvalue weighted by Crippen LogP contribution is -2.40. The average molecular weight is 313 g/mol. The van der Waals surface area contributed by atoms with Gasteiger partial charge in [-0.15, -0.1) is 11.8 Å². The lowest BCUT2D eigenvalue weighted by molar-refractivity contribution is -0.148. The fourth-order valence-electron chi connectivity index (χ4n) is 1.52. The minimum absolute atomic E-state index is 0.0574. The molecule has 0 bridgehead atoms. The van der Waals surface area contributed by atoms with Gasteiger partial charge in [-0.1, -0.05) is 0 Å². The highest BCUT2D eigenvalue weighted by atomic mass is 32.2. The minimum atomic E-state index is -1.10. The van der Waals surface area contributed by atoms with E-state index in [4.69, 9.17) is 14.6 Å². The second-order valence-corrected chi connectivity index (χ2v) is 5.66. The largest absolute Gasteiger partial charge is 0.497 e. The summed E-state index contributed by atoms with van der Waals surface area (Å²) in [6.07, 6.45) is -1.04. The Hall–Kier alpha value is -1.73. The summed E-state index contributed by atoms with van der Waals surface area (Å²) >= 11 is 1.38. The molecule has 0 aliphatic heterocycles. The van der Waals surface area contributed by atoms with Crippen LogP contribution in [0, 0.1) is 0 Å². The normalized spacial score (nSPS) is 13.3. The van der Waals surface area contributed by atoms with Gasteiger partial charge in [0.05, 0.1) is 18.9 Å². The fraction of sp³-hybridized carbons (Fsp3) is 0.429. The van der Waals surface area contributed by atoms with Crippen LogP contribution in [0.25, 0.3) is 0 Å². The Morgan fingerprint density at radius 2 is 1.90 bits per heavy atom. The predicted molar refractivity (Wildman–Crippen MR) is 79.8 cm³/mol. The molecule has 0 saturated carbocycles. The standard InChI is InChI=1S/C14H19NO5S/c1-9(13(16)15-8-12(20-3)14(17)18)21-11-6-4-10(19-2)5-7-11/h4-7,9,12H,8H2,1-3H3,(H,15,16)(H,17,18). The van der Waals surface area contributed by atoms with Gasteiger partial charge in [0.2, 0.25) is 5.91 Å². The number of thioether (sulfide) groups is 1. The van der Waals surface area contributed by atoms with Gasteiger partial charge in [0.25, 0.3) is 0 Å². The Morgan fingerprint density at radius 1 is 1.29 bits per heavy atom. The van der Waals surface area contributed by atoms with E-state index in [0.29, 0.717) is 0 Å². The van der Waals surface area contributed by atoms with Gasteiger partial charge in [-0.25, -0.2) is 4.79 Å². The van der Waals surface area contributed by atoms with Gasteiger partial charge in [0.1, 0.15) is 5.75 Å². The molecule has 0 aliphatic carbocycles. The summed E-state index contributed by atoms with van der Waals surface area (Å²) in [6, 6.07) is 7.36. The Kier molecular flexibility index (Phi) is 7.04. The highest BCUT2D eigenvalue weighted by Gasteiger charge is 2.20. The molecule has 2 unspecified atom stereocenters. The van der Waals surface area contributed by atoms with Crippen LogP contribution in [0.1, 0.15) is 6.92 Å². The monoisotopic (exact) mass is 313 g/mol. The number of hydrogen-bond acceptors (Lipinski definition) is 5. The number of carboxylic acid groups (broad SMARTS) is 1. The van der Waals surface area contributed by atoms with Crippen molar-refractivity contribution in [1.82, 2.24) is 5.32 Å². The smallest absolute Gasteiger partial charge is 0.334 e. The zero-order valence-electron chi connectivity index (χ0n) is 12.2. The van der Waals surface area contributed by atoms with Crippen molar-refractivity contribution in [3.8, 4) is 5.75 Å². The number of carbonyl (C=O) groups is 2. The van der Waals surface area contributed by atoms with E-state index in [9.17, 15) is 9.59 Å². The van der Waals surface area contributed by atoms with E-state index in [2.05, 4.69) is 5.32 Å². The number of nitrogens with one attached hydrogen (secondary N) is 1. The molecule has 0 fully saturated rings. The topological polar surface area (TPSA) is 84.9 Å². The van der Waals surface area contributed by atoms with E-state index in [1.165, 1.54) is 18.9 Å². The van der Waals surface area contributed by atoms with Crippen molar-refractivity contribution in [3.05, 3.63) is 24.3 Å². The third-order valence-electron chi connectivity index (χ3n) is 2.76. The van der Waals surface area contributed by atoms with Crippen LogP contribution in [-0.4, -0.2) is 49.1 Å². The number of rotatable bonds is 8. The summed E-state index contributed by atoms with van der Waals surface area (Å²) in [5.41, 5.74) is 0. The summed E-state index contributed by atoms with van der Waals surface area (Å²) < 4.78 is 9.81. The van der Waals surface area contributed by atoms with Crippen molar-refractivity contribution in [2.75, 3.05) is 20.8 Å². The van der Waals surface area contributed by atoms with Gasteiger partial charge < -0.3 is 19.9 Å². The molecular formula is C14H19NO5S. The number of carbonyl (C=O) groups excluding carboxylic acids is 1. The van der Waals surface area contributed by atoms with Crippen LogP contribution in [0.15, 0.2) is 29.2 Å².